The van der Waals surface area contributed by atoms with E-state index in [9.17, 15) is 5.11 Å². The van der Waals surface area contributed by atoms with E-state index in [-0.39, 0.29) is 0 Å². The number of aromatic nitrogens is 3. The Kier molecular flexibility index (Phi) is 3.39. The van der Waals surface area contributed by atoms with Gasteiger partial charge in [-0.15, -0.1) is 0 Å². The van der Waals surface area contributed by atoms with Gasteiger partial charge in [-0.1, -0.05) is 0 Å². The molecule has 0 radical (unpaired) electrons. The summed E-state index contributed by atoms with van der Waals surface area (Å²) in [6.07, 6.45) is 0.184. The first-order valence-electron chi connectivity index (χ1n) is 4.39. The van der Waals surface area contributed by atoms with E-state index in [1.54, 1.807) is 4.68 Å². The van der Waals surface area contributed by atoms with E-state index in [2.05, 4.69) is 10.1 Å². The minimum absolute atomic E-state index is 0.298. The molecule has 3 N–H and O–H groups in total. The van der Waals surface area contributed by atoms with Crippen molar-refractivity contribution in [1.29, 1.82) is 0 Å². The first kappa shape index (κ1) is 10.1. The lowest BCUT2D eigenvalue weighted by atomic mass is 10.2. The third-order valence-corrected chi connectivity index (χ3v) is 1.91. The lowest BCUT2D eigenvalue weighted by Crippen LogP contribution is -2.21. The maximum atomic E-state index is 9.23. The van der Waals surface area contributed by atoms with Crippen molar-refractivity contribution in [2.75, 3.05) is 6.54 Å². The molecular weight excluding hydrogens is 168 g/mol. The molecule has 0 saturated heterocycles. The van der Waals surface area contributed by atoms with E-state index in [0.29, 0.717) is 19.5 Å². The largest absolute Gasteiger partial charge is 0.392 e. The quantitative estimate of drug-likeness (QED) is 0.667. The normalized spacial score (nSPS) is 13.2. The Hall–Kier alpha value is -0.940. The van der Waals surface area contributed by atoms with Crippen LogP contribution in [0.5, 0.6) is 0 Å². The zero-order chi connectivity index (χ0) is 9.84. The van der Waals surface area contributed by atoms with Crippen LogP contribution < -0.4 is 5.73 Å². The summed E-state index contributed by atoms with van der Waals surface area (Å²) >= 11 is 0. The average Bonchev–Trinajstić information content (AvgIpc) is 2.41. The van der Waals surface area contributed by atoms with Gasteiger partial charge in [0.1, 0.15) is 11.6 Å². The molecule has 5 nitrogen and oxygen atoms in total. The molecule has 1 atom stereocenters. The van der Waals surface area contributed by atoms with Crippen molar-refractivity contribution in [2.45, 2.75) is 32.9 Å². The van der Waals surface area contributed by atoms with E-state index < -0.39 is 6.10 Å². The van der Waals surface area contributed by atoms with Crippen molar-refractivity contribution in [3.8, 4) is 0 Å². The van der Waals surface area contributed by atoms with Crippen LogP contribution in [0.2, 0.25) is 0 Å². The van der Waals surface area contributed by atoms with Crippen molar-refractivity contribution in [3.63, 3.8) is 0 Å². The molecule has 0 aliphatic rings. The summed E-state index contributed by atoms with van der Waals surface area (Å²) in [5.41, 5.74) is 5.28. The highest BCUT2D eigenvalue weighted by Crippen LogP contribution is 1.99. The summed E-state index contributed by atoms with van der Waals surface area (Å²) in [4.78, 5) is 4.15. The molecule has 74 valence electrons. The predicted molar refractivity (Wildman–Crippen MR) is 49.2 cm³/mol. The van der Waals surface area contributed by atoms with Crippen molar-refractivity contribution in [1.82, 2.24) is 14.8 Å². The van der Waals surface area contributed by atoms with E-state index in [0.717, 1.165) is 11.6 Å². The molecule has 0 amide bonds. The Balaban J connectivity index is 2.49. The number of hydrogen-bond donors (Lipinski definition) is 2. The van der Waals surface area contributed by atoms with Crippen molar-refractivity contribution >= 4 is 0 Å². The summed E-state index contributed by atoms with van der Waals surface area (Å²) < 4.78 is 1.79. The average molecular weight is 184 g/mol. The summed E-state index contributed by atoms with van der Waals surface area (Å²) in [5.74, 6) is 1.64. The smallest absolute Gasteiger partial charge is 0.147 e. The Morgan fingerprint density at radius 2 is 2.23 bits per heavy atom. The van der Waals surface area contributed by atoms with Gasteiger partial charge in [0, 0.05) is 13.1 Å². The first-order chi connectivity index (χ1) is 6.13. The first-order valence-corrected chi connectivity index (χ1v) is 4.39. The second-order valence-electron chi connectivity index (χ2n) is 3.11. The van der Waals surface area contributed by atoms with Crippen LogP contribution in [0, 0.1) is 13.8 Å². The highest BCUT2D eigenvalue weighted by Gasteiger charge is 2.05. The molecule has 0 saturated carbocycles. The zero-order valence-corrected chi connectivity index (χ0v) is 8.06. The van der Waals surface area contributed by atoms with Gasteiger partial charge in [0.25, 0.3) is 0 Å². The Bertz CT molecular complexity index is 271. The number of aliphatic hydroxyl groups is 1. The second kappa shape index (κ2) is 4.34. The molecular formula is C8H16N4O. The lowest BCUT2D eigenvalue weighted by Gasteiger charge is -2.07. The molecule has 1 aromatic heterocycles. The molecule has 1 aromatic rings. The molecule has 1 heterocycles. The molecule has 5 heteroatoms. The summed E-state index contributed by atoms with van der Waals surface area (Å²) in [6, 6.07) is 0. The van der Waals surface area contributed by atoms with Gasteiger partial charge in [-0.25, -0.2) is 4.98 Å². The van der Waals surface area contributed by atoms with Crippen molar-refractivity contribution in [2.24, 2.45) is 5.73 Å². The Morgan fingerprint density at radius 1 is 1.54 bits per heavy atom. The number of rotatable bonds is 4. The highest BCUT2D eigenvalue weighted by molar-refractivity contribution is 4.87. The molecule has 0 fully saturated rings. The van der Waals surface area contributed by atoms with Crippen LogP contribution in [0.4, 0.5) is 0 Å². The third-order valence-electron chi connectivity index (χ3n) is 1.91. The van der Waals surface area contributed by atoms with Gasteiger partial charge in [-0.3, -0.25) is 4.68 Å². The number of aryl methyl sites for hydroxylation is 3. The SMILES string of the molecule is Cc1nc(C)n(CCC(O)CN)n1. The summed E-state index contributed by atoms with van der Waals surface area (Å²) in [7, 11) is 0. The van der Waals surface area contributed by atoms with E-state index in [1.165, 1.54) is 0 Å². The van der Waals surface area contributed by atoms with Crippen LogP contribution in [-0.2, 0) is 6.54 Å². The number of nitrogens with zero attached hydrogens (tertiary/aromatic N) is 3. The van der Waals surface area contributed by atoms with Gasteiger partial charge >= 0.3 is 0 Å². The van der Waals surface area contributed by atoms with Gasteiger partial charge in [0.2, 0.25) is 0 Å². The minimum Gasteiger partial charge on any atom is -0.392 e. The van der Waals surface area contributed by atoms with Gasteiger partial charge < -0.3 is 10.8 Å². The van der Waals surface area contributed by atoms with E-state index in [4.69, 9.17) is 5.73 Å². The van der Waals surface area contributed by atoms with Crippen molar-refractivity contribution in [3.05, 3.63) is 11.6 Å². The number of nitrogens with two attached hydrogens (primary N) is 1. The number of hydrogen-bond acceptors (Lipinski definition) is 4. The van der Waals surface area contributed by atoms with E-state index in [1.807, 2.05) is 13.8 Å². The molecule has 13 heavy (non-hydrogen) atoms. The molecule has 1 unspecified atom stereocenters. The van der Waals surface area contributed by atoms with Crippen molar-refractivity contribution < 1.29 is 5.11 Å². The lowest BCUT2D eigenvalue weighted by molar-refractivity contribution is 0.164. The van der Waals surface area contributed by atoms with Gasteiger partial charge in [0.05, 0.1) is 6.10 Å². The fraction of sp³-hybridized carbons (Fsp3) is 0.750. The topological polar surface area (TPSA) is 77.0 Å². The van der Waals surface area contributed by atoms with Gasteiger partial charge in [0.15, 0.2) is 0 Å². The Labute approximate surface area is 77.6 Å². The molecule has 0 spiro atoms. The second-order valence-corrected chi connectivity index (χ2v) is 3.11. The Morgan fingerprint density at radius 3 is 2.69 bits per heavy atom. The molecule has 0 bridgehead atoms. The van der Waals surface area contributed by atoms with Crippen LogP contribution in [0.3, 0.4) is 0 Å². The molecule has 0 aliphatic heterocycles. The van der Waals surface area contributed by atoms with Crippen LogP contribution >= 0.6 is 0 Å². The third kappa shape index (κ3) is 2.78. The molecule has 0 aliphatic carbocycles. The zero-order valence-electron chi connectivity index (χ0n) is 8.06. The monoisotopic (exact) mass is 184 g/mol. The maximum Gasteiger partial charge on any atom is 0.147 e. The fourth-order valence-corrected chi connectivity index (χ4v) is 1.16. The summed E-state index contributed by atoms with van der Waals surface area (Å²) in [5, 5.41) is 13.4. The van der Waals surface area contributed by atoms with Gasteiger partial charge in [-0.05, 0) is 20.3 Å². The van der Waals surface area contributed by atoms with Crippen LogP contribution in [0.1, 0.15) is 18.1 Å². The summed E-state index contributed by atoms with van der Waals surface area (Å²) in [6.45, 7) is 4.72. The van der Waals surface area contributed by atoms with Crippen LogP contribution in [-0.4, -0.2) is 32.5 Å². The van der Waals surface area contributed by atoms with Crippen LogP contribution in [0.25, 0.3) is 0 Å². The molecule has 1 rings (SSSR count). The predicted octanol–water partition coefficient (Wildman–Crippen LogP) is -0.395. The van der Waals surface area contributed by atoms with Crippen LogP contribution in [0.15, 0.2) is 0 Å². The fourth-order valence-electron chi connectivity index (χ4n) is 1.16. The standard InChI is InChI=1S/C8H16N4O/c1-6-10-7(2)12(11-6)4-3-8(13)5-9/h8,13H,3-5,9H2,1-2H3. The highest BCUT2D eigenvalue weighted by atomic mass is 16.3. The van der Waals surface area contributed by atoms with Gasteiger partial charge in [-0.2, -0.15) is 5.10 Å². The number of aliphatic hydroxyl groups excluding tert-OH is 1. The minimum atomic E-state index is -0.441. The maximum absolute atomic E-state index is 9.23. The van der Waals surface area contributed by atoms with E-state index >= 15 is 0 Å². The molecule has 0 aromatic carbocycles.